The molecule has 1 fully saturated rings. The Hall–Kier alpha value is -3.14. The summed E-state index contributed by atoms with van der Waals surface area (Å²) in [5.41, 5.74) is 2.44. The number of carbonyl (C=O) groups excluding carboxylic acids is 2. The van der Waals surface area contributed by atoms with Crippen molar-refractivity contribution in [1.82, 2.24) is 14.5 Å². The Morgan fingerprint density at radius 2 is 1.97 bits per heavy atom. The summed E-state index contributed by atoms with van der Waals surface area (Å²) in [6, 6.07) is 8.75. The molecule has 0 radical (unpaired) electrons. The minimum absolute atomic E-state index is 0.0559. The van der Waals surface area contributed by atoms with Gasteiger partial charge in [0.05, 0.1) is 17.3 Å². The van der Waals surface area contributed by atoms with Crippen molar-refractivity contribution in [2.75, 3.05) is 18.4 Å². The van der Waals surface area contributed by atoms with Gasteiger partial charge in [0.25, 0.3) is 11.8 Å². The second-order valence-corrected chi connectivity index (χ2v) is 7.98. The van der Waals surface area contributed by atoms with E-state index in [0.717, 1.165) is 50.9 Å². The van der Waals surface area contributed by atoms with E-state index in [1.165, 1.54) is 0 Å². The van der Waals surface area contributed by atoms with E-state index in [2.05, 4.69) is 23.3 Å². The zero-order valence-corrected chi connectivity index (χ0v) is 16.6. The average Bonchev–Trinajstić information content (AvgIpc) is 3.13. The average molecular weight is 391 g/mol. The van der Waals surface area contributed by atoms with E-state index in [4.69, 9.17) is 5.26 Å². The highest BCUT2D eigenvalue weighted by atomic mass is 16.2. The molecule has 0 saturated carbocycles. The highest BCUT2D eigenvalue weighted by Gasteiger charge is 2.31. The predicted octanol–water partition coefficient (Wildman–Crippen LogP) is 3.22. The number of nitrogens with one attached hydrogen (secondary N) is 1. The van der Waals surface area contributed by atoms with Crippen LogP contribution in [0.4, 0.5) is 5.69 Å². The molecule has 7 heteroatoms. The number of aromatic nitrogens is 2. The van der Waals surface area contributed by atoms with Crippen LogP contribution in [0, 0.1) is 17.2 Å². The van der Waals surface area contributed by atoms with Crippen molar-refractivity contribution in [1.29, 1.82) is 5.26 Å². The van der Waals surface area contributed by atoms with Crippen molar-refractivity contribution in [3.63, 3.8) is 0 Å². The number of hydrogen-bond acceptors (Lipinski definition) is 4. The van der Waals surface area contributed by atoms with Gasteiger partial charge < -0.3 is 14.8 Å². The number of fused-ring (bicyclic) bond motifs is 1. The molecule has 1 atom stereocenters. The lowest BCUT2D eigenvalue weighted by Crippen LogP contribution is -2.39. The van der Waals surface area contributed by atoms with Gasteiger partial charge in [0.1, 0.15) is 5.69 Å². The number of rotatable bonds is 3. The zero-order valence-electron chi connectivity index (χ0n) is 16.6. The molecule has 1 aromatic heterocycles. The Morgan fingerprint density at radius 3 is 2.69 bits per heavy atom. The summed E-state index contributed by atoms with van der Waals surface area (Å²) in [4.78, 5) is 32.5. The fourth-order valence-corrected chi connectivity index (χ4v) is 4.23. The second-order valence-electron chi connectivity index (χ2n) is 7.98. The largest absolute Gasteiger partial charge is 0.337 e. The first-order chi connectivity index (χ1) is 14.1. The minimum Gasteiger partial charge on any atom is -0.337 e. The summed E-state index contributed by atoms with van der Waals surface area (Å²) in [7, 11) is 0. The molecule has 150 valence electrons. The zero-order chi connectivity index (χ0) is 20.4. The molecule has 1 aromatic carbocycles. The van der Waals surface area contributed by atoms with Gasteiger partial charge in [-0.05, 0) is 62.3 Å². The lowest BCUT2D eigenvalue weighted by atomic mass is 9.99. The quantitative estimate of drug-likeness (QED) is 0.870. The van der Waals surface area contributed by atoms with Crippen LogP contribution in [0.1, 0.15) is 65.0 Å². The smallest absolute Gasteiger partial charge is 0.291 e. The van der Waals surface area contributed by atoms with Gasteiger partial charge in [-0.3, -0.25) is 9.59 Å². The van der Waals surface area contributed by atoms with E-state index in [-0.39, 0.29) is 17.6 Å². The molecule has 4 rings (SSSR count). The van der Waals surface area contributed by atoms with Crippen molar-refractivity contribution in [2.24, 2.45) is 5.92 Å². The summed E-state index contributed by atoms with van der Waals surface area (Å²) in [5, 5.41) is 11.8. The van der Waals surface area contributed by atoms with Gasteiger partial charge in [-0.15, -0.1) is 0 Å². The third-order valence-corrected chi connectivity index (χ3v) is 5.74. The Balaban J connectivity index is 1.61. The molecule has 1 saturated heterocycles. The molecule has 29 heavy (non-hydrogen) atoms. The third-order valence-electron chi connectivity index (χ3n) is 5.74. The maximum absolute atomic E-state index is 13.2. The Labute approximate surface area is 170 Å². The lowest BCUT2D eigenvalue weighted by molar-refractivity contribution is 0.0676. The van der Waals surface area contributed by atoms with E-state index in [1.54, 1.807) is 24.3 Å². The van der Waals surface area contributed by atoms with Gasteiger partial charge in [0.15, 0.2) is 5.82 Å². The molecule has 7 nitrogen and oxygen atoms in total. The van der Waals surface area contributed by atoms with Crippen LogP contribution in [0.2, 0.25) is 0 Å². The molecule has 2 aromatic rings. The normalized spacial score (nSPS) is 18.6. The van der Waals surface area contributed by atoms with Gasteiger partial charge in [0.2, 0.25) is 0 Å². The molecule has 2 amide bonds. The van der Waals surface area contributed by atoms with Crippen molar-refractivity contribution in [2.45, 2.75) is 45.6 Å². The molecule has 0 spiro atoms. The van der Waals surface area contributed by atoms with Gasteiger partial charge in [-0.25, -0.2) is 4.98 Å². The Bertz CT molecular complexity index is 970. The Kier molecular flexibility index (Phi) is 5.34. The first-order valence-corrected chi connectivity index (χ1v) is 10.3. The number of carbonyl (C=O) groups is 2. The fraction of sp³-hybridized carbons (Fsp3) is 0.455. The SMILES string of the molecule is CC1CCCN(C(=O)c2nc(C(=O)Nc3ccc(C#N)cc3)n3c2CCCC3)C1. The second kappa shape index (κ2) is 8.08. The number of nitrogens with zero attached hydrogens (tertiary/aromatic N) is 4. The Morgan fingerprint density at radius 1 is 1.17 bits per heavy atom. The molecular weight excluding hydrogens is 366 g/mol. The van der Waals surface area contributed by atoms with Crippen LogP contribution in [0.5, 0.6) is 0 Å². The minimum atomic E-state index is -0.330. The first-order valence-electron chi connectivity index (χ1n) is 10.3. The van der Waals surface area contributed by atoms with Gasteiger partial charge in [-0.2, -0.15) is 5.26 Å². The topological polar surface area (TPSA) is 91.0 Å². The van der Waals surface area contributed by atoms with Crippen molar-refractivity contribution < 1.29 is 9.59 Å². The first kappa shape index (κ1) is 19.2. The van der Waals surface area contributed by atoms with Crippen molar-refractivity contribution in [3.05, 3.63) is 47.0 Å². The number of anilines is 1. The molecule has 2 aliphatic rings. The number of amides is 2. The number of benzene rings is 1. The van der Waals surface area contributed by atoms with Crippen LogP contribution in [0.3, 0.4) is 0 Å². The van der Waals surface area contributed by atoms with Gasteiger partial charge >= 0.3 is 0 Å². The summed E-state index contributed by atoms with van der Waals surface area (Å²) >= 11 is 0. The number of nitriles is 1. The molecule has 3 heterocycles. The number of piperidine rings is 1. The van der Waals surface area contributed by atoms with E-state index in [1.807, 2.05) is 9.47 Å². The molecule has 2 aliphatic heterocycles. The molecule has 1 unspecified atom stereocenters. The standard InChI is InChI=1S/C22H25N5O2/c1-15-5-4-11-26(14-15)22(29)19-18-6-2-3-12-27(18)20(25-19)21(28)24-17-9-7-16(13-23)8-10-17/h7-10,15H,2-6,11-12,14H2,1H3,(H,24,28). The fourth-order valence-electron chi connectivity index (χ4n) is 4.23. The summed E-state index contributed by atoms with van der Waals surface area (Å²) in [6.07, 6.45) is 4.88. The number of likely N-dealkylation sites (tertiary alicyclic amines) is 1. The summed E-state index contributed by atoms with van der Waals surface area (Å²) in [5.74, 6) is 0.395. The molecule has 0 aliphatic carbocycles. The van der Waals surface area contributed by atoms with Gasteiger partial charge in [0, 0.05) is 25.3 Å². The highest BCUT2D eigenvalue weighted by Crippen LogP contribution is 2.25. The number of hydrogen-bond donors (Lipinski definition) is 1. The van der Waals surface area contributed by atoms with Crippen LogP contribution < -0.4 is 5.32 Å². The predicted molar refractivity (Wildman–Crippen MR) is 109 cm³/mol. The lowest BCUT2D eigenvalue weighted by Gasteiger charge is -2.30. The van der Waals surface area contributed by atoms with Crippen LogP contribution >= 0.6 is 0 Å². The summed E-state index contributed by atoms with van der Waals surface area (Å²) < 4.78 is 1.91. The monoisotopic (exact) mass is 391 g/mol. The summed E-state index contributed by atoms with van der Waals surface area (Å²) in [6.45, 7) is 4.36. The maximum Gasteiger partial charge on any atom is 0.291 e. The van der Waals surface area contributed by atoms with E-state index in [9.17, 15) is 9.59 Å². The van der Waals surface area contributed by atoms with Gasteiger partial charge in [-0.1, -0.05) is 6.92 Å². The van der Waals surface area contributed by atoms with E-state index in [0.29, 0.717) is 29.4 Å². The molecule has 1 N–H and O–H groups in total. The van der Waals surface area contributed by atoms with Crippen LogP contribution in [-0.2, 0) is 13.0 Å². The molecular formula is C22H25N5O2. The van der Waals surface area contributed by atoms with Crippen LogP contribution in [-0.4, -0.2) is 39.4 Å². The van der Waals surface area contributed by atoms with Crippen molar-refractivity contribution in [3.8, 4) is 6.07 Å². The highest BCUT2D eigenvalue weighted by molar-refractivity contribution is 6.03. The van der Waals surface area contributed by atoms with Crippen LogP contribution in [0.15, 0.2) is 24.3 Å². The van der Waals surface area contributed by atoms with Crippen molar-refractivity contribution >= 4 is 17.5 Å². The molecule has 0 bridgehead atoms. The van der Waals surface area contributed by atoms with E-state index >= 15 is 0 Å². The maximum atomic E-state index is 13.2. The third kappa shape index (κ3) is 3.88. The van der Waals surface area contributed by atoms with E-state index < -0.39 is 0 Å². The number of imidazole rings is 1. The van der Waals surface area contributed by atoms with Crippen LogP contribution in [0.25, 0.3) is 0 Å².